The molecule has 1 atom stereocenters. The van der Waals surface area contributed by atoms with E-state index in [9.17, 15) is 34.5 Å². The fraction of sp³-hybridized carbons (Fsp3) is 0.176. The molecule has 1 aromatic rings. The normalized spacial score (nSPS) is 18.9. The maximum atomic E-state index is 12.2. The number of hydrogen-bond donors (Lipinski definition) is 4. The predicted octanol–water partition coefficient (Wildman–Crippen LogP) is -0.0455. The largest absolute Gasteiger partial charge is 0.507 e. The average Bonchev–Trinajstić information content (AvgIpc) is 2.60. The predicted molar refractivity (Wildman–Crippen MR) is 84.7 cm³/mol. The standard InChI is InChI=1S/C17H13NO8/c19-9-3-4-10(20)14-13(9)12(22)5-8(15(14)23)17(25)26-6-7-1-2-11(21)16(24)18-7/h1,3-5,11,21-23H,2,6H2,(H,18,24). The van der Waals surface area contributed by atoms with Crippen LogP contribution in [0.3, 0.4) is 0 Å². The van der Waals surface area contributed by atoms with E-state index in [1.165, 1.54) is 6.08 Å². The van der Waals surface area contributed by atoms with Crippen LogP contribution in [-0.2, 0) is 9.53 Å². The molecule has 2 aliphatic rings. The first kappa shape index (κ1) is 17.4. The monoisotopic (exact) mass is 359 g/mol. The van der Waals surface area contributed by atoms with Gasteiger partial charge in [0.1, 0.15) is 29.8 Å². The van der Waals surface area contributed by atoms with Crippen molar-refractivity contribution in [2.45, 2.75) is 12.5 Å². The van der Waals surface area contributed by atoms with Gasteiger partial charge in [0, 0.05) is 6.42 Å². The molecule has 1 amide bonds. The molecule has 3 rings (SSSR count). The van der Waals surface area contributed by atoms with Crippen LogP contribution in [0, 0.1) is 0 Å². The second-order valence-electron chi connectivity index (χ2n) is 5.65. The van der Waals surface area contributed by atoms with Gasteiger partial charge in [-0.3, -0.25) is 14.4 Å². The molecule has 0 fully saturated rings. The summed E-state index contributed by atoms with van der Waals surface area (Å²) < 4.78 is 4.95. The lowest BCUT2D eigenvalue weighted by molar-refractivity contribution is -0.129. The van der Waals surface area contributed by atoms with Crippen molar-refractivity contribution in [2.24, 2.45) is 0 Å². The van der Waals surface area contributed by atoms with E-state index in [4.69, 9.17) is 4.74 Å². The van der Waals surface area contributed by atoms with Crippen molar-refractivity contribution < 1.29 is 39.2 Å². The SMILES string of the molecule is O=C(OCC1=CCC(O)C(=O)N1)c1cc(O)c2c(c1O)C(=O)C=CC2=O. The number of esters is 1. The number of ether oxygens (including phenoxy) is 1. The van der Waals surface area contributed by atoms with Gasteiger partial charge >= 0.3 is 5.97 Å². The van der Waals surface area contributed by atoms with Crippen LogP contribution < -0.4 is 5.32 Å². The number of carbonyl (C=O) groups excluding carboxylic acids is 4. The van der Waals surface area contributed by atoms with Crippen LogP contribution in [0.4, 0.5) is 0 Å². The highest BCUT2D eigenvalue weighted by atomic mass is 16.5. The van der Waals surface area contributed by atoms with E-state index in [2.05, 4.69) is 5.32 Å². The number of phenolic OH excluding ortho intramolecular Hbond substituents is 2. The summed E-state index contributed by atoms with van der Waals surface area (Å²) in [6.07, 6.45) is 2.23. The fourth-order valence-corrected chi connectivity index (χ4v) is 2.59. The third kappa shape index (κ3) is 2.95. The van der Waals surface area contributed by atoms with Gasteiger partial charge in [-0.15, -0.1) is 0 Å². The van der Waals surface area contributed by atoms with Gasteiger partial charge in [-0.1, -0.05) is 6.08 Å². The lowest BCUT2D eigenvalue weighted by Gasteiger charge is -2.19. The number of allylic oxidation sites excluding steroid dienone is 2. The summed E-state index contributed by atoms with van der Waals surface area (Å²) in [4.78, 5) is 47.2. The molecule has 26 heavy (non-hydrogen) atoms. The minimum Gasteiger partial charge on any atom is -0.507 e. The van der Waals surface area contributed by atoms with Crippen molar-refractivity contribution in [3.63, 3.8) is 0 Å². The number of aliphatic hydroxyl groups is 1. The molecule has 134 valence electrons. The molecular weight excluding hydrogens is 346 g/mol. The van der Waals surface area contributed by atoms with Crippen molar-refractivity contribution in [2.75, 3.05) is 6.61 Å². The maximum Gasteiger partial charge on any atom is 0.342 e. The quantitative estimate of drug-likeness (QED) is 0.433. The Labute approximate surface area is 146 Å². The highest BCUT2D eigenvalue weighted by Crippen LogP contribution is 2.36. The number of benzene rings is 1. The van der Waals surface area contributed by atoms with Crippen molar-refractivity contribution in [1.82, 2.24) is 5.32 Å². The zero-order valence-corrected chi connectivity index (χ0v) is 13.2. The minimum atomic E-state index is -1.17. The molecule has 0 saturated heterocycles. The summed E-state index contributed by atoms with van der Waals surface area (Å²) in [6.45, 7) is -0.360. The number of aromatic hydroxyl groups is 2. The van der Waals surface area contributed by atoms with E-state index >= 15 is 0 Å². The first-order chi connectivity index (χ1) is 12.3. The van der Waals surface area contributed by atoms with Crippen molar-refractivity contribution in [3.8, 4) is 11.5 Å². The zero-order valence-electron chi connectivity index (χ0n) is 13.2. The molecule has 0 radical (unpaired) electrons. The van der Waals surface area contributed by atoms with Crippen LogP contribution in [0.25, 0.3) is 0 Å². The van der Waals surface area contributed by atoms with E-state index in [1.54, 1.807) is 0 Å². The number of ketones is 2. The van der Waals surface area contributed by atoms with Crippen LogP contribution in [0.2, 0.25) is 0 Å². The van der Waals surface area contributed by atoms with E-state index in [-0.39, 0.29) is 24.3 Å². The Balaban J connectivity index is 1.84. The summed E-state index contributed by atoms with van der Waals surface area (Å²) in [7, 11) is 0. The first-order valence-corrected chi connectivity index (χ1v) is 7.50. The lowest BCUT2D eigenvalue weighted by atomic mass is 9.91. The van der Waals surface area contributed by atoms with E-state index in [0.29, 0.717) is 0 Å². The third-order valence-corrected chi connectivity index (χ3v) is 3.91. The van der Waals surface area contributed by atoms with Gasteiger partial charge in [0.15, 0.2) is 11.6 Å². The Kier molecular flexibility index (Phi) is 4.31. The molecule has 1 aliphatic carbocycles. The minimum absolute atomic E-state index is 0.0621. The molecule has 1 unspecified atom stereocenters. The number of fused-ring (bicyclic) bond motifs is 1. The van der Waals surface area contributed by atoms with Crippen molar-refractivity contribution in [1.29, 1.82) is 0 Å². The molecule has 4 N–H and O–H groups in total. The molecular formula is C17H13NO8. The Hall–Kier alpha value is -3.46. The van der Waals surface area contributed by atoms with E-state index < -0.39 is 52.2 Å². The topological polar surface area (TPSA) is 150 Å². The number of rotatable bonds is 3. The van der Waals surface area contributed by atoms with Gasteiger partial charge in [-0.25, -0.2) is 4.79 Å². The summed E-state index contributed by atoms with van der Waals surface area (Å²) in [5.74, 6) is -4.54. The Morgan fingerprint density at radius 3 is 2.46 bits per heavy atom. The lowest BCUT2D eigenvalue weighted by Crippen LogP contribution is -2.38. The van der Waals surface area contributed by atoms with Crippen LogP contribution in [0.1, 0.15) is 37.5 Å². The molecule has 0 aromatic heterocycles. The smallest absolute Gasteiger partial charge is 0.342 e. The van der Waals surface area contributed by atoms with Gasteiger partial charge < -0.3 is 25.4 Å². The van der Waals surface area contributed by atoms with Gasteiger partial charge in [0.05, 0.1) is 16.8 Å². The fourth-order valence-electron chi connectivity index (χ4n) is 2.59. The zero-order chi connectivity index (χ0) is 19.0. The number of amides is 1. The number of carbonyl (C=O) groups is 4. The molecule has 0 spiro atoms. The molecule has 9 heteroatoms. The molecule has 0 bridgehead atoms. The van der Waals surface area contributed by atoms with E-state index in [1.807, 2.05) is 0 Å². The number of aliphatic hydroxyl groups excluding tert-OH is 1. The summed E-state index contributed by atoms with van der Waals surface area (Å²) in [6, 6.07) is 0.832. The summed E-state index contributed by atoms with van der Waals surface area (Å²) in [5, 5.41) is 31.8. The molecule has 9 nitrogen and oxygen atoms in total. The second kappa shape index (κ2) is 6.45. The summed E-state index contributed by atoms with van der Waals surface area (Å²) in [5.41, 5.74) is -1.12. The van der Waals surface area contributed by atoms with Crippen molar-refractivity contribution in [3.05, 3.63) is 46.7 Å². The molecule has 1 aromatic carbocycles. The Bertz CT molecular complexity index is 912. The third-order valence-electron chi connectivity index (χ3n) is 3.91. The van der Waals surface area contributed by atoms with Gasteiger partial charge in [0.2, 0.25) is 0 Å². The van der Waals surface area contributed by atoms with Crippen LogP contribution >= 0.6 is 0 Å². The Morgan fingerprint density at radius 2 is 1.81 bits per heavy atom. The average molecular weight is 359 g/mol. The van der Waals surface area contributed by atoms with Gasteiger partial charge in [0.25, 0.3) is 5.91 Å². The number of hydrogen-bond acceptors (Lipinski definition) is 8. The highest BCUT2D eigenvalue weighted by Gasteiger charge is 2.31. The molecule has 0 saturated carbocycles. The van der Waals surface area contributed by atoms with Crippen LogP contribution in [0.15, 0.2) is 30.0 Å². The number of nitrogens with one attached hydrogen (secondary N) is 1. The van der Waals surface area contributed by atoms with Crippen LogP contribution in [0.5, 0.6) is 11.5 Å². The number of phenols is 2. The Morgan fingerprint density at radius 1 is 1.15 bits per heavy atom. The summed E-state index contributed by atoms with van der Waals surface area (Å²) >= 11 is 0. The second-order valence-corrected chi connectivity index (χ2v) is 5.65. The molecule has 1 heterocycles. The van der Waals surface area contributed by atoms with E-state index in [0.717, 1.165) is 18.2 Å². The maximum absolute atomic E-state index is 12.2. The van der Waals surface area contributed by atoms with Crippen LogP contribution in [-0.4, -0.2) is 51.5 Å². The van der Waals surface area contributed by atoms with Crippen molar-refractivity contribution >= 4 is 23.4 Å². The van der Waals surface area contributed by atoms with Gasteiger partial charge in [-0.2, -0.15) is 0 Å². The van der Waals surface area contributed by atoms with Gasteiger partial charge in [-0.05, 0) is 18.2 Å². The highest BCUT2D eigenvalue weighted by molar-refractivity contribution is 6.25. The molecule has 1 aliphatic heterocycles. The first-order valence-electron chi connectivity index (χ1n) is 7.50.